The number of carbonyl (C=O) groups is 6. The number of nitrogens with zero attached hydrogens (tertiary/aromatic N) is 8. The van der Waals surface area contributed by atoms with Gasteiger partial charge in [0.1, 0.15) is 34.4 Å². The Balaban J connectivity index is 1.08. The summed E-state index contributed by atoms with van der Waals surface area (Å²) in [4.78, 5) is 90.0. The molecule has 20 nitrogen and oxygen atoms in total. The quantitative estimate of drug-likeness (QED) is 0.0552. The maximum absolute atomic E-state index is 13.9. The second kappa shape index (κ2) is 19.8. The molecule has 5 aromatic rings. The highest BCUT2D eigenvalue weighted by Gasteiger charge is 2.40. The first kappa shape index (κ1) is 47.3. The highest BCUT2D eigenvalue weighted by molar-refractivity contribution is 8.01. The van der Waals surface area contributed by atoms with Crippen molar-refractivity contribution in [1.82, 2.24) is 38.7 Å². The van der Waals surface area contributed by atoms with Crippen molar-refractivity contribution in [3.8, 4) is 11.5 Å². The molecule has 2 aromatic carbocycles. The van der Waals surface area contributed by atoms with Gasteiger partial charge in [-0.2, -0.15) is 5.10 Å². The largest absolute Gasteiger partial charge is 0.494 e. The number of nitrogens with one attached hydrogen (secondary N) is 1. The van der Waals surface area contributed by atoms with Crippen LogP contribution in [0.25, 0.3) is 22.1 Å². The number of imidazole rings is 2. The summed E-state index contributed by atoms with van der Waals surface area (Å²) in [5, 5.41) is 7.17. The number of amides is 6. The van der Waals surface area contributed by atoms with Gasteiger partial charge in [0.15, 0.2) is 0 Å². The number of aryl methyl sites for hydroxylation is 2. The fraction of sp³-hybridized carbons (Fsp3) is 0.489. The summed E-state index contributed by atoms with van der Waals surface area (Å²) in [6.45, 7) is 8.34. The van der Waals surface area contributed by atoms with Gasteiger partial charge < -0.3 is 31.6 Å². The van der Waals surface area contributed by atoms with Crippen molar-refractivity contribution in [2.24, 2.45) is 17.4 Å². The van der Waals surface area contributed by atoms with Crippen LogP contribution in [0.5, 0.6) is 11.5 Å². The Kier molecular flexibility index (Phi) is 14.2. The number of fused-ring (bicyclic) bond motifs is 2. The van der Waals surface area contributed by atoms with E-state index in [1.807, 2.05) is 6.92 Å². The molecule has 1 saturated heterocycles. The first-order chi connectivity index (χ1) is 31.5. The van der Waals surface area contributed by atoms with E-state index in [4.69, 9.17) is 31.7 Å². The van der Waals surface area contributed by atoms with Crippen LogP contribution in [0.4, 0.5) is 11.9 Å². The van der Waals surface area contributed by atoms with Crippen molar-refractivity contribution in [3.05, 3.63) is 52.8 Å². The third-order valence-corrected chi connectivity index (χ3v) is 13.5. The van der Waals surface area contributed by atoms with Crippen LogP contribution in [-0.2, 0) is 20.9 Å². The zero-order valence-electron chi connectivity index (χ0n) is 38.2. The minimum Gasteiger partial charge on any atom is -0.494 e. The molecule has 6 amide bonds. The second-order valence-corrected chi connectivity index (χ2v) is 18.6. The molecule has 3 atom stereocenters. The lowest BCUT2D eigenvalue weighted by Gasteiger charge is -2.23. The lowest BCUT2D eigenvalue weighted by Crippen LogP contribution is -2.36. The van der Waals surface area contributed by atoms with Gasteiger partial charge in [-0.25, -0.2) is 9.97 Å². The van der Waals surface area contributed by atoms with Crippen LogP contribution in [-0.4, -0.2) is 118 Å². The standard InChI is InChI=1S/C45H58N12O8S/c1-7-55-32(18-24(2)52-55)42(62)51-45-50-31-20-28(40(46)60)21-33(64-6)38(31)57(45)26(4)56-39-30(49-44(56)48)19-29(41(47)61)22-34(39)65-17-9-15-53(5)36(58)14-16-54-37(59)23-35(43(54)63)66-25(3)10-8-11-27-12-13-27/h18-22,25-27,35H,7-17,23H2,1-6H3,(H2,46,60)(H2,47,61)(H2,48,49)(H,50,51,62). The number of benzene rings is 2. The van der Waals surface area contributed by atoms with Gasteiger partial charge in [0.2, 0.25) is 41.4 Å². The summed E-state index contributed by atoms with van der Waals surface area (Å²) < 4.78 is 16.9. The first-order valence-electron chi connectivity index (χ1n) is 22.2. The van der Waals surface area contributed by atoms with Gasteiger partial charge in [0, 0.05) is 55.9 Å². The minimum absolute atomic E-state index is 0.0112. The number of aromatic nitrogens is 6. The normalized spacial score (nSPS) is 16.0. The molecule has 1 aliphatic carbocycles. The Morgan fingerprint density at radius 2 is 1.62 bits per heavy atom. The fourth-order valence-electron chi connectivity index (χ4n) is 8.49. The number of ether oxygens (including phenoxy) is 2. The summed E-state index contributed by atoms with van der Waals surface area (Å²) in [5.74, 6) is -1.28. The number of nitrogen functional groups attached to an aromatic ring is 1. The van der Waals surface area contributed by atoms with E-state index in [9.17, 15) is 28.8 Å². The maximum Gasteiger partial charge on any atom is 0.276 e. The number of nitrogens with two attached hydrogens (primary N) is 3. The number of hydrogen-bond donors (Lipinski definition) is 4. The van der Waals surface area contributed by atoms with E-state index in [2.05, 4.69) is 22.3 Å². The van der Waals surface area contributed by atoms with Crippen molar-refractivity contribution >= 4 is 81.2 Å². The zero-order chi connectivity index (χ0) is 47.6. The molecule has 1 aliphatic heterocycles. The van der Waals surface area contributed by atoms with Crippen LogP contribution in [0.15, 0.2) is 30.3 Å². The van der Waals surface area contributed by atoms with Crippen molar-refractivity contribution in [3.63, 3.8) is 0 Å². The Morgan fingerprint density at radius 3 is 2.27 bits per heavy atom. The molecular weight excluding hydrogens is 869 g/mol. The van der Waals surface area contributed by atoms with E-state index in [-0.39, 0.29) is 101 Å². The van der Waals surface area contributed by atoms with Crippen LogP contribution in [0, 0.1) is 12.8 Å². The number of carbonyl (C=O) groups excluding carboxylic acids is 6. The van der Waals surface area contributed by atoms with Crippen molar-refractivity contribution < 1.29 is 38.2 Å². The third-order valence-electron chi connectivity index (χ3n) is 12.1. The Hall–Kier alpha value is -6.64. The summed E-state index contributed by atoms with van der Waals surface area (Å²) in [6, 6.07) is 7.59. The highest BCUT2D eigenvalue weighted by atomic mass is 32.2. The fourth-order valence-corrected chi connectivity index (χ4v) is 9.83. The van der Waals surface area contributed by atoms with Crippen molar-refractivity contribution in [2.75, 3.05) is 44.9 Å². The van der Waals surface area contributed by atoms with Gasteiger partial charge in [0.25, 0.3) is 5.91 Å². The van der Waals surface area contributed by atoms with Crippen molar-refractivity contribution in [1.29, 1.82) is 0 Å². The zero-order valence-corrected chi connectivity index (χ0v) is 39.0. The molecule has 21 heteroatoms. The smallest absolute Gasteiger partial charge is 0.276 e. The molecule has 3 aromatic heterocycles. The number of methoxy groups -OCH3 is 1. The molecule has 7 rings (SSSR count). The molecule has 0 bridgehead atoms. The Morgan fingerprint density at radius 1 is 0.955 bits per heavy atom. The predicted octanol–water partition coefficient (Wildman–Crippen LogP) is 4.47. The SMILES string of the molecule is CCn1nc(C)cc1C(=O)Nc1nc2cc(C(N)=O)cc(OC)c2n1C(C)n1c(N)nc2cc(C(N)=O)cc(OCCCN(C)C(=O)CCN3C(=O)CC(SC(C)CCCC4CC4)C3=O)c21. The number of anilines is 2. The number of rotatable bonds is 22. The summed E-state index contributed by atoms with van der Waals surface area (Å²) >= 11 is 1.56. The molecule has 0 spiro atoms. The lowest BCUT2D eigenvalue weighted by molar-refractivity contribution is -0.139. The molecule has 4 heterocycles. The van der Waals surface area contributed by atoms with E-state index < -0.39 is 29.1 Å². The minimum atomic E-state index is -0.837. The number of thioether (sulfide) groups is 1. The molecule has 3 unspecified atom stereocenters. The summed E-state index contributed by atoms with van der Waals surface area (Å²) in [6.07, 6.45) is 5.67. The topological polar surface area (TPSA) is 271 Å². The lowest BCUT2D eigenvalue weighted by atomic mass is 10.1. The average Bonchev–Trinajstić information content (AvgIpc) is 3.63. The van der Waals surface area contributed by atoms with Gasteiger partial charge in [0.05, 0.1) is 35.7 Å². The molecule has 2 aliphatic rings. The Labute approximate surface area is 385 Å². The van der Waals surface area contributed by atoms with Gasteiger partial charge in [-0.15, -0.1) is 11.8 Å². The van der Waals surface area contributed by atoms with Crippen LogP contribution in [0.3, 0.4) is 0 Å². The van der Waals surface area contributed by atoms with E-state index in [1.165, 1.54) is 60.4 Å². The van der Waals surface area contributed by atoms with Crippen LogP contribution in [0.2, 0.25) is 0 Å². The van der Waals surface area contributed by atoms with Gasteiger partial charge in [-0.05, 0) is 69.9 Å². The second-order valence-electron chi connectivity index (χ2n) is 17.0. The van der Waals surface area contributed by atoms with Gasteiger partial charge >= 0.3 is 0 Å². The average molecular weight is 927 g/mol. The molecule has 2 fully saturated rings. The molecule has 66 heavy (non-hydrogen) atoms. The number of imide groups is 1. The number of likely N-dealkylation sites (tertiary alicyclic amines) is 1. The number of hydrogen-bond acceptors (Lipinski definition) is 13. The van der Waals surface area contributed by atoms with Crippen molar-refractivity contribution in [2.45, 2.75) is 102 Å². The monoisotopic (exact) mass is 926 g/mol. The van der Waals surface area contributed by atoms with E-state index in [1.54, 1.807) is 52.5 Å². The maximum atomic E-state index is 13.9. The summed E-state index contributed by atoms with van der Waals surface area (Å²) in [7, 11) is 3.07. The first-order valence-corrected chi connectivity index (χ1v) is 23.2. The van der Waals surface area contributed by atoms with Gasteiger partial charge in [-0.3, -0.25) is 52.8 Å². The van der Waals surface area contributed by atoms with Gasteiger partial charge in [-0.1, -0.05) is 32.6 Å². The van der Waals surface area contributed by atoms with Crippen LogP contribution >= 0.6 is 11.8 Å². The molecule has 0 radical (unpaired) electrons. The summed E-state index contributed by atoms with van der Waals surface area (Å²) in [5.41, 5.74) is 20.6. The molecule has 1 saturated carbocycles. The van der Waals surface area contributed by atoms with E-state index >= 15 is 0 Å². The van der Waals surface area contributed by atoms with Crippen LogP contribution in [0.1, 0.15) is 115 Å². The molecular formula is C45H58N12O8S. The van der Waals surface area contributed by atoms with E-state index in [0.29, 0.717) is 35.4 Å². The predicted molar refractivity (Wildman–Crippen MR) is 249 cm³/mol. The molecule has 352 valence electrons. The molecule has 7 N–H and O–H groups in total. The number of primary amides is 2. The Bertz CT molecular complexity index is 2700. The van der Waals surface area contributed by atoms with E-state index in [0.717, 1.165) is 18.8 Å². The van der Waals surface area contributed by atoms with Crippen LogP contribution < -0.4 is 32.0 Å². The third kappa shape index (κ3) is 10.1. The highest BCUT2D eigenvalue weighted by Crippen LogP contribution is 2.39.